The average Bonchev–Trinajstić information content (AvgIpc) is 2.85. The molecule has 1 unspecified atom stereocenters. The summed E-state index contributed by atoms with van der Waals surface area (Å²) in [5, 5.41) is 0.906. The quantitative estimate of drug-likeness (QED) is 0.719. The van der Waals surface area contributed by atoms with E-state index in [1.54, 1.807) is 18.2 Å². The zero-order valence-electron chi connectivity index (χ0n) is 10.2. The molecule has 1 aliphatic carbocycles. The Morgan fingerprint density at radius 2 is 1.84 bits per heavy atom. The maximum absolute atomic E-state index is 12.6. The van der Waals surface area contributed by atoms with E-state index in [1.807, 2.05) is 18.2 Å². The molecule has 3 heteroatoms. The van der Waals surface area contributed by atoms with Crippen LogP contribution in [0.1, 0.15) is 33.8 Å². The van der Waals surface area contributed by atoms with Crippen LogP contribution in [0, 0.1) is 0 Å². The molecule has 96 valence electrons. The summed E-state index contributed by atoms with van der Waals surface area (Å²) in [6.45, 7) is 0. The van der Waals surface area contributed by atoms with E-state index in [2.05, 4.69) is 6.07 Å². The van der Waals surface area contributed by atoms with Crippen molar-refractivity contribution in [2.45, 2.75) is 18.8 Å². The van der Waals surface area contributed by atoms with Crippen LogP contribution < -0.4 is 0 Å². The molecule has 1 atom stereocenters. The first kappa shape index (κ1) is 12.7. The van der Waals surface area contributed by atoms with Crippen molar-refractivity contribution in [3.05, 3.63) is 69.2 Å². The number of hydrogen-bond acceptors (Lipinski definition) is 1. The second kappa shape index (κ2) is 4.99. The molecular weight excluding hydrogens is 279 g/mol. The molecular formula is C16H12Cl2O. The fraction of sp³-hybridized carbons (Fsp3) is 0.188. The fourth-order valence-electron chi connectivity index (χ4n) is 2.68. The van der Waals surface area contributed by atoms with Crippen LogP contribution in [0.2, 0.25) is 10.0 Å². The van der Waals surface area contributed by atoms with Crippen LogP contribution in [0.5, 0.6) is 0 Å². The zero-order chi connectivity index (χ0) is 13.4. The Morgan fingerprint density at radius 3 is 2.63 bits per heavy atom. The first-order valence-corrected chi connectivity index (χ1v) is 6.99. The summed E-state index contributed by atoms with van der Waals surface area (Å²) in [5.41, 5.74) is 3.07. The summed E-state index contributed by atoms with van der Waals surface area (Å²) in [5.74, 6) is 0.0805. The lowest BCUT2D eigenvalue weighted by atomic mass is 9.92. The van der Waals surface area contributed by atoms with Gasteiger partial charge >= 0.3 is 0 Å². The SMILES string of the molecule is O=C(c1ccc(Cl)c(Cl)c1)C1CCc2ccccc21. The largest absolute Gasteiger partial charge is 0.293 e. The molecule has 1 nitrogen and oxygen atoms in total. The van der Waals surface area contributed by atoms with Crippen molar-refractivity contribution in [1.82, 2.24) is 0 Å². The number of ketones is 1. The second-order valence-electron chi connectivity index (χ2n) is 4.78. The van der Waals surface area contributed by atoms with Crippen LogP contribution in [0.4, 0.5) is 0 Å². The Bertz CT molecular complexity index is 649. The highest BCUT2D eigenvalue weighted by Crippen LogP contribution is 2.36. The summed E-state index contributed by atoms with van der Waals surface area (Å²) >= 11 is 11.9. The van der Waals surface area contributed by atoms with Crippen molar-refractivity contribution < 1.29 is 4.79 Å². The average molecular weight is 291 g/mol. The number of carbonyl (C=O) groups is 1. The van der Waals surface area contributed by atoms with E-state index in [4.69, 9.17) is 23.2 Å². The molecule has 0 spiro atoms. The van der Waals surface area contributed by atoms with Crippen LogP contribution in [0.3, 0.4) is 0 Å². The van der Waals surface area contributed by atoms with Gasteiger partial charge < -0.3 is 0 Å². The Hall–Kier alpha value is -1.31. The van der Waals surface area contributed by atoms with Gasteiger partial charge in [0.15, 0.2) is 5.78 Å². The molecule has 0 aliphatic heterocycles. The summed E-state index contributed by atoms with van der Waals surface area (Å²) in [7, 11) is 0. The lowest BCUT2D eigenvalue weighted by Gasteiger charge is -2.11. The normalized spacial score (nSPS) is 17.3. The van der Waals surface area contributed by atoms with Gasteiger partial charge in [0.05, 0.1) is 10.0 Å². The highest BCUT2D eigenvalue weighted by atomic mass is 35.5. The minimum Gasteiger partial charge on any atom is -0.293 e. The molecule has 2 aromatic rings. The summed E-state index contributed by atoms with van der Waals surface area (Å²) in [6.07, 6.45) is 1.84. The summed E-state index contributed by atoms with van der Waals surface area (Å²) < 4.78 is 0. The molecule has 0 radical (unpaired) electrons. The van der Waals surface area contributed by atoms with Crippen LogP contribution in [0.25, 0.3) is 0 Å². The highest BCUT2D eigenvalue weighted by molar-refractivity contribution is 6.42. The first-order valence-electron chi connectivity index (χ1n) is 6.24. The third-order valence-electron chi connectivity index (χ3n) is 3.65. The number of aryl methyl sites for hydroxylation is 1. The lowest BCUT2D eigenvalue weighted by Crippen LogP contribution is -2.10. The van der Waals surface area contributed by atoms with Gasteiger partial charge in [-0.3, -0.25) is 4.79 Å². The molecule has 0 saturated carbocycles. The number of hydrogen-bond donors (Lipinski definition) is 0. The molecule has 0 heterocycles. The third kappa shape index (κ3) is 2.29. The van der Waals surface area contributed by atoms with Gasteiger partial charge in [0, 0.05) is 11.5 Å². The number of fused-ring (bicyclic) bond motifs is 1. The number of carbonyl (C=O) groups excluding carboxylic acids is 1. The van der Waals surface area contributed by atoms with Gasteiger partial charge in [-0.2, -0.15) is 0 Å². The Kier molecular flexibility index (Phi) is 3.34. The van der Waals surface area contributed by atoms with Crippen LogP contribution in [0.15, 0.2) is 42.5 Å². The monoisotopic (exact) mass is 290 g/mol. The van der Waals surface area contributed by atoms with E-state index in [0.717, 1.165) is 18.4 Å². The van der Waals surface area contributed by atoms with Crippen LogP contribution in [-0.4, -0.2) is 5.78 Å². The standard InChI is InChI=1S/C16H12Cl2O/c17-14-8-6-11(9-15(14)18)16(19)13-7-5-10-3-1-2-4-12(10)13/h1-4,6,8-9,13H,5,7H2. The number of rotatable bonds is 2. The van der Waals surface area contributed by atoms with Crippen molar-refractivity contribution >= 4 is 29.0 Å². The maximum atomic E-state index is 12.6. The van der Waals surface area contributed by atoms with Gasteiger partial charge in [-0.05, 0) is 42.2 Å². The maximum Gasteiger partial charge on any atom is 0.170 e. The van der Waals surface area contributed by atoms with Crippen molar-refractivity contribution in [2.24, 2.45) is 0 Å². The predicted octanol–water partition coefficient (Wildman–Crippen LogP) is 4.91. The third-order valence-corrected chi connectivity index (χ3v) is 4.39. The Morgan fingerprint density at radius 1 is 1.05 bits per heavy atom. The smallest absolute Gasteiger partial charge is 0.170 e. The van der Waals surface area contributed by atoms with Crippen molar-refractivity contribution in [3.63, 3.8) is 0 Å². The lowest BCUT2D eigenvalue weighted by molar-refractivity contribution is 0.0959. The number of benzene rings is 2. The van der Waals surface area contributed by atoms with E-state index in [9.17, 15) is 4.79 Å². The van der Waals surface area contributed by atoms with Gasteiger partial charge in [0.2, 0.25) is 0 Å². The first-order chi connectivity index (χ1) is 9.16. The molecule has 3 rings (SSSR count). The molecule has 19 heavy (non-hydrogen) atoms. The predicted molar refractivity (Wildman–Crippen MR) is 78.3 cm³/mol. The van der Waals surface area contributed by atoms with E-state index in [1.165, 1.54) is 5.56 Å². The van der Waals surface area contributed by atoms with Gasteiger partial charge in [0.25, 0.3) is 0 Å². The number of Topliss-reactive ketones (excluding diaryl/α,β-unsaturated/α-hetero) is 1. The van der Waals surface area contributed by atoms with Crippen molar-refractivity contribution in [2.75, 3.05) is 0 Å². The minimum atomic E-state index is -0.0477. The van der Waals surface area contributed by atoms with Crippen molar-refractivity contribution in [1.29, 1.82) is 0 Å². The summed E-state index contributed by atoms with van der Waals surface area (Å²) in [6, 6.07) is 13.2. The van der Waals surface area contributed by atoms with E-state index >= 15 is 0 Å². The molecule has 0 fully saturated rings. The van der Waals surface area contributed by atoms with Gasteiger partial charge in [0.1, 0.15) is 0 Å². The minimum absolute atomic E-state index is 0.0477. The topological polar surface area (TPSA) is 17.1 Å². The van der Waals surface area contributed by atoms with E-state index in [0.29, 0.717) is 15.6 Å². The summed E-state index contributed by atoms with van der Waals surface area (Å²) in [4.78, 5) is 12.6. The van der Waals surface area contributed by atoms with E-state index < -0.39 is 0 Å². The van der Waals surface area contributed by atoms with E-state index in [-0.39, 0.29) is 11.7 Å². The Labute approximate surface area is 122 Å². The van der Waals surface area contributed by atoms with Crippen molar-refractivity contribution in [3.8, 4) is 0 Å². The fourth-order valence-corrected chi connectivity index (χ4v) is 2.98. The zero-order valence-corrected chi connectivity index (χ0v) is 11.7. The second-order valence-corrected chi connectivity index (χ2v) is 5.60. The Balaban J connectivity index is 1.95. The highest BCUT2D eigenvalue weighted by Gasteiger charge is 2.28. The molecule has 0 bridgehead atoms. The molecule has 0 amide bonds. The van der Waals surface area contributed by atoms with Gasteiger partial charge in [-0.15, -0.1) is 0 Å². The molecule has 0 aromatic heterocycles. The number of halogens is 2. The molecule has 0 N–H and O–H groups in total. The molecule has 1 aliphatic rings. The van der Waals surface area contributed by atoms with Crippen LogP contribution in [-0.2, 0) is 6.42 Å². The molecule has 0 saturated heterocycles. The molecule has 2 aromatic carbocycles. The van der Waals surface area contributed by atoms with Gasteiger partial charge in [-0.25, -0.2) is 0 Å². The van der Waals surface area contributed by atoms with Crippen LogP contribution >= 0.6 is 23.2 Å². The van der Waals surface area contributed by atoms with Gasteiger partial charge in [-0.1, -0.05) is 47.5 Å².